The molecule has 3 N–H and O–H groups in total. The van der Waals surface area contributed by atoms with Crippen molar-refractivity contribution in [1.82, 2.24) is 10.9 Å². The smallest absolute Gasteiger partial charge is 0.0477 e. The molecule has 1 aromatic rings. The van der Waals surface area contributed by atoms with Crippen LogP contribution in [0.2, 0.25) is 0 Å². The van der Waals surface area contributed by atoms with Crippen molar-refractivity contribution in [1.29, 1.82) is 0 Å². The summed E-state index contributed by atoms with van der Waals surface area (Å²) in [6.45, 7) is 3.30. The lowest BCUT2D eigenvalue weighted by atomic mass is 9.99. The van der Waals surface area contributed by atoms with Crippen molar-refractivity contribution in [2.24, 2.45) is 0 Å². The Morgan fingerprint density at radius 1 is 1.27 bits per heavy atom. The van der Waals surface area contributed by atoms with Crippen LogP contribution in [-0.2, 0) is 6.42 Å². The van der Waals surface area contributed by atoms with E-state index in [0.717, 1.165) is 6.54 Å². The van der Waals surface area contributed by atoms with E-state index in [0.29, 0.717) is 12.1 Å². The molecular weight excluding hydrogens is 186 g/mol. The molecule has 0 bridgehead atoms. The molecule has 0 saturated carbocycles. The largest absolute Gasteiger partial charge is 0.384 e. The van der Waals surface area contributed by atoms with Gasteiger partial charge in [-0.05, 0) is 37.0 Å². The first-order chi connectivity index (χ1) is 7.33. The SMILES string of the molecule is CC1CC(c2ccc3c(c2)CCN3)NN1. The predicted octanol–water partition coefficient (Wildman–Crippen LogP) is 1.58. The molecule has 3 heteroatoms. The Balaban J connectivity index is 1.87. The number of hydrogen-bond donors (Lipinski definition) is 3. The third kappa shape index (κ3) is 1.62. The third-order valence-electron chi connectivity index (χ3n) is 3.33. The summed E-state index contributed by atoms with van der Waals surface area (Å²) >= 11 is 0. The number of rotatable bonds is 1. The maximum Gasteiger partial charge on any atom is 0.0477 e. The van der Waals surface area contributed by atoms with Crippen LogP contribution < -0.4 is 16.2 Å². The predicted molar refractivity (Wildman–Crippen MR) is 61.7 cm³/mol. The average molecular weight is 203 g/mol. The van der Waals surface area contributed by atoms with E-state index in [2.05, 4.69) is 41.3 Å². The molecule has 1 aromatic carbocycles. The highest BCUT2D eigenvalue weighted by atomic mass is 15.4. The van der Waals surface area contributed by atoms with E-state index in [-0.39, 0.29) is 0 Å². The van der Waals surface area contributed by atoms with Crippen molar-refractivity contribution in [2.45, 2.75) is 31.8 Å². The Bertz CT molecular complexity index is 375. The number of fused-ring (bicyclic) bond motifs is 1. The van der Waals surface area contributed by atoms with Crippen LogP contribution in [0.3, 0.4) is 0 Å². The van der Waals surface area contributed by atoms with Crippen LogP contribution in [0.25, 0.3) is 0 Å². The van der Waals surface area contributed by atoms with Gasteiger partial charge in [-0.25, -0.2) is 0 Å². The fourth-order valence-corrected chi connectivity index (χ4v) is 2.48. The van der Waals surface area contributed by atoms with Gasteiger partial charge in [0, 0.05) is 24.3 Å². The zero-order valence-electron chi connectivity index (χ0n) is 9.01. The highest BCUT2D eigenvalue weighted by Crippen LogP contribution is 2.28. The summed E-state index contributed by atoms with van der Waals surface area (Å²) in [6, 6.07) is 7.83. The fraction of sp³-hybridized carbons (Fsp3) is 0.500. The molecule has 0 spiro atoms. The van der Waals surface area contributed by atoms with Gasteiger partial charge in [-0.15, -0.1) is 0 Å². The summed E-state index contributed by atoms with van der Waals surface area (Å²) < 4.78 is 0. The zero-order chi connectivity index (χ0) is 10.3. The summed E-state index contributed by atoms with van der Waals surface area (Å²) in [7, 11) is 0. The van der Waals surface area contributed by atoms with Gasteiger partial charge >= 0.3 is 0 Å². The zero-order valence-corrected chi connectivity index (χ0v) is 9.01. The molecule has 80 valence electrons. The molecule has 0 radical (unpaired) electrons. The van der Waals surface area contributed by atoms with Crippen LogP contribution >= 0.6 is 0 Å². The Morgan fingerprint density at radius 3 is 3.00 bits per heavy atom. The summed E-state index contributed by atoms with van der Waals surface area (Å²) in [5.41, 5.74) is 10.8. The molecule has 1 saturated heterocycles. The highest BCUT2D eigenvalue weighted by Gasteiger charge is 2.22. The van der Waals surface area contributed by atoms with Crippen LogP contribution in [0.4, 0.5) is 5.69 Å². The first-order valence-corrected chi connectivity index (χ1v) is 5.71. The van der Waals surface area contributed by atoms with Crippen molar-refractivity contribution in [3.05, 3.63) is 29.3 Å². The van der Waals surface area contributed by atoms with Crippen molar-refractivity contribution in [3.63, 3.8) is 0 Å². The first-order valence-electron chi connectivity index (χ1n) is 5.71. The molecule has 2 aliphatic heterocycles. The number of benzene rings is 1. The van der Waals surface area contributed by atoms with Crippen molar-refractivity contribution in [3.8, 4) is 0 Å². The Morgan fingerprint density at radius 2 is 2.20 bits per heavy atom. The van der Waals surface area contributed by atoms with Gasteiger partial charge in [0.1, 0.15) is 0 Å². The molecule has 2 aliphatic rings. The molecule has 0 aliphatic carbocycles. The van der Waals surface area contributed by atoms with Gasteiger partial charge in [-0.1, -0.05) is 12.1 Å². The van der Waals surface area contributed by atoms with Gasteiger partial charge in [0.05, 0.1) is 0 Å². The molecule has 1 fully saturated rings. The van der Waals surface area contributed by atoms with E-state index in [1.54, 1.807) is 0 Å². The lowest BCUT2D eigenvalue weighted by Crippen LogP contribution is -2.28. The molecule has 2 atom stereocenters. The number of nitrogens with one attached hydrogen (secondary N) is 3. The molecule has 3 rings (SSSR count). The minimum Gasteiger partial charge on any atom is -0.384 e. The average Bonchev–Trinajstić information content (AvgIpc) is 2.84. The van der Waals surface area contributed by atoms with E-state index in [1.165, 1.54) is 29.7 Å². The van der Waals surface area contributed by atoms with Crippen LogP contribution in [0.15, 0.2) is 18.2 Å². The summed E-state index contributed by atoms with van der Waals surface area (Å²) in [6.07, 6.45) is 2.34. The monoisotopic (exact) mass is 203 g/mol. The lowest BCUT2D eigenvalue weighted by molar-refractivity contribution is 0.560. The maximum absolute atomic E-state index is 3.39. The second-order valence-corrected chi connectivity index (χ2v) is 4.57. The maximum atomic E-state index is 3.39. The van der Waals surface area contributed by atoms with Gasteiger partial charge in [0.15, 0.2) is 0 Å². The fourth-order valence-electron chi connectivity index (χ4n) is 2.48. The van der Waals surface area contributed by atoms with E-state index in [4.69, 9.17) is 0 Å². The van der Waals surface area contributed by atoms with E-state index < -0.39 is 0 Å². The Hall–Kier alpha value is -1.06. The second kappa shape index (κ2) is 3.51. The normalized spacial score (nSPS) is 28.9. The quantitative estimate of drug-likeness (QED) is 0.648. The van der Waals surface area contributed by atoms with Crippen LogP contribution in [0.1, 0.15) is 30.5 Å². The second-order valence-electron chi connectivity index (χ2n) is 4.57. The minimum atomic E-state index is 0.478. The number of hydrogen-bond acceptors (Lipinski definition) is 3. The molecule has 3 nitrogen and oxygen atoms in total. The van der Waals surface area contributed by atoms with E-state index >= 15 is 0 Å². The topological polar surface area (TPSA) is 36.1 Å². The Labute approximate surface area is 90.2 Å². The van der Waals surface area contributed by atoms with Gasteiger partial charge in [-0.2, -0.15) is 0 Å². The number of anilines is 1. The summed E-state index contributed by atoms with van der Waals surface area (Å²) in [5.74, 6) is 0. The first kappa shape index (κ1) is 9.19. The Kier molecular flexibility index (Phi) is 2.15. The summed E-state index contributed by atoms with van der Waals surface area (Å²) in [4.78, 5) is 0. The van der Waals surface area contributed by atoms with Gasteiger partial charge < -0.3 is 5.32 Å². The van der Waals surface area contributed by atoms with Crippen molar-refractivity contribution < 1.29 is 0 Å². The van der Waals surface area contributed by atoms with E-state index in [9.17, 15) is 0 Å². The van der Waals surface area contributed by atoms with Gasteiger partial charge in [0.2, 0.25) is 0 Å². The van der Waals surface area contributed by atoms with Gasteiger partial charge in [-0.3, -0.25) is 10.9 Å². The molecule has 2 unspecified atom stereocenters. The molecule has 15 heavy (non-hydrogen) atoms. The summed E-state index contributed by atoms with van der Waals surface area (Å²) in [5, 5.41) is 3.39. The van der Waals surface area contributed by atoms with Crippen LogP contribution in [0.5, 0.6) is 0 Å². The highest BCUT2D eigenvalue weighted by molar-refractivity contribution is 5.56. The molecule has 2 heterocycles. The van der Waals surface area contributed by atoms with Gasteiger partial charge in [0.25, 0.3) is 0 Å². The molecular formula is C12H17N3. The van der Waals surface area contributed by atoms with Crippen LogP contribution in [-0.4, -0.2) is 12.6 Å². The molecule has 0 aromatic heterocycles. The minimum absolute atomic E-state index is 0.478. The van der Waals surface area contributed by atoms with Crippen LogP contribution in [0, 0.1) is 0 Å². The molecule has 0 amide bonds. The number of hydrazine groups is 1. The third-order valence-corrected chi connectivity index (χ3v) is 3.33. The standard InChI is InChI=1S/C12H17N3/c1-8-6-12(15-14-8)9-2-3-11-10(7-9)4-5-13-11/h2-3,7-8,12-15H,4-6H2,1H3. The van der Waals surface area contributed by atoms with E-state index in [1.807, 2.05) is 0 Å². The van der Waals surface area contributed by atoms with Crippen molar-refractivity contribution in [2.75, 3.05) is 11.9 Å². The van der Waals surface area contributed by atoms with Crippen molar-refractivity contribution >= 4 is 5.69 Å². The lowest BCUT2D eigenvalue weighted by Gasteiger charge is -2.11.